The van der Waals surface area contributed by atoms with Crippen LogP contribution >= 0.6 is 0 Å². The zero-order chi connectivity index (χ0) is 19.6. The molecule has 7 heteroatoms. The molecule has 1 saturated carbocycles. The summed E-state index contributed by atoms with van der Waals surface area (Å²) in [6.07, 6.45) is 7.96. The van der Waals surface area contributed by atoms with Gasteiger partial charge in [0.2, 0.25) is 10.0 Å². The third-order valence-corrected chi connectivity index (χ3v) is 7.00. The highest BCUT2D eigenvalue weighted by Crippen LogP contribution is 2.32. The van der Waals surface area contributed by atoms with E-state index in [-0.39, 0.29) is 6.54 Å². The SMILES string of the molecule is CCn1c(CNS(=O)(=O)c2ccc(C3CCCCC3)cc2)nc2cccnc21. The Labute approximate surface area is 166 Å². The quantitative estimate of drug-likeness (QED) is 0.681. The number of hydrogen-bond donors (Lipinski definition) is 1. The number of aryl methyl sites for hydroxylation is 1. The van der Waals surface area contributed by atoms with E-state index < -0.39 is 10.0 Å². The summed E-state index contributed by atoms with van der Waals surface area (Å²) < 4.78 is 30.1. The van der Waals surface area contributed by atoms with E-state index >= 15 is 0 Å². The van der Waals surface area contributed by atoms with E-state index in [2.05, 4.69) is 14.7 Å². The Kier molecular flexibility index (Phi) is 5.46. The van der Waals surface area contributed by atoms with Crippen LogP contribution in [0.25, 0.3) is 11.2 Å². The van der Waals surface area contributed by atoms with Gasteiger partial charge in [0, 0.05) is 12.7 Å². The number of benzene rings is 1. The number of aromatic nitrogens is 3. The molecule has 0 unspecified atom stereocenters. The molecular formula is C21H26N4O2S. The average molecular weight is 399 g/mol. The molecule has 2 heterocycles. The van der Waals surface area contributed by atoms with Crippen LogP contribution in [0.1, 0.15) is 56.3 Å². The van der Waals surface area contributed by atoms with Crippen LogP contribution < -0.4 is 4.72 Å². The fraction of sp³-hybridized carbons (Fsp3) is 0.429. The van der Waals surface area contributed by atoms with Crippen molar-refractivity contribution >= 4 is 21.2 Å². The molecule has 1 aliphatic rings. The van der Waals surface area contributed by atoms with E-state index in [1.165, 1.54) is 37.7 Å². The first kappa shape index (κ1) is 19.1. The Morgan fingerprint density at radius 1 is 1.11 bits per heavy atom. The van der Waals surface area contributed by atoms with Crippen molar-refractivity contribution in [3.8, 4) is 0 Å². The molecule has 1 N–H and O–H groups in total. The summed E-state index contributed by atoms with van der Waals surface area (Å²) in [4.78, 5) is 9.18. The molecule has 2 aromatic heterocycles. The maximum absolute atomic E-state index is 12.7. The van der Waals surface area contributed by atoms with Gasteiger partial charge in [-0.3, -0.25) is 0 Å². The molecule has 0 amide bonds. The average Bonchev–Trinajstić information content (AvgIpc) is 3.11. The zero-order valence-electron chi connectivity index (χ0n) is 16.1. The first-order valence-electron chi connectivity index (χ1n) is 9.98. The molecule has 0 bridgehead atoms. The van der Waals surface area contributed by atoms with Crippen molar-refractivity contribution in [1.82, 2.24) is 19.3 Å². The summed E-state index contributed by atoms with van der Waals surface area (Å²) in [5, 5.41) is 0. The van der Waals surface area contributed by atoms with Gasteiger partial charge in [-0.25, -0.2) is 23.1 Å². The molecule has 4 rings (SSSR count). The molecule has 0 saturated heterocycles. The molecule has 0 radical (unpaired) electrons. The number of nitrogens with zero attached hydrogens (tertiary/aromatic N) is 3. The van der Waals surface area contributed by atoms with E-state index in [9.17, 15) is 8.42 Å². The largest absolute Gasteiger partial charge is 0.312 e. The second kappa shape index (κ2) is 8.01. The van der Waals surface area contributed by atoms with Crippen LogP contribution in [-0.4, -0.2) is 23.0 Å². The lowest BCUT2D eigenvalue weighted by atomic mass is 9.84. The van der Waals surface area contributed by atoms with Gasteiger partial charge in [0.15, 0.2) is 5.65 Å². The third kappa shape index (κ3) is 3.82. The molecule has 1 fully saturated rings. The standard InChI is InChI=1S/C21H26N4O2S/c1-2-25-20(24-19-9-6-14-22-21(19)25)15-23-28(26,27)18-12-10-17(11-13-18)16-7-4-3-5-8-16/h6,9-14,16,23H,2-5,7-8,15H2,1H3. The van der Waals surface area contributed by atoms with Gasteiger partial charge >= 0.3 is 0 Å². The maximum atomic E-state index is 12.7. The first-order chi connectivity index (χ1) is 13.6. The van der Waals surface area contributed by atoms with Crippen molar-refractivity contribution in [1.29, 1.82) is 0 Å². The van der Waals surface area contributed by atoms with E-state index in [1.54, 1.807) is 18.3 Å². The highest BCUT2D eigenvalue weighted by Gasteiger charge is 2.19. The van der Waals surface area contributed by atoms with Gasteiger partial charge in [-0.05, 0) is 55.5 Å². The summed E-state index contributed by atoms with van der Waals surface area (Å²) in [5.74, 6) is 1.23. The van der Waals surface area contributed by atoms with Gasteiger partial charge in [0.1, 0.15) is 11.3 Å². The van der Waals surface area contributed by atoms with Gasteiger partial charge in [-0.15, -0.1) is 0 Å². The fourth-order valence-electron chi connectivity index (χ4n) is 4.07. The zero-order valence-corrected chi connectivity index (χ0v) is 17.0. The van der Waals surface area contributed by atoms with Crippen molar-refractivity contribution in [3.63, 3.8) is 0 Å². The molecule has 1 aliphatic carbocycles. The topological polar surface area (TPSA) is 76.9 Å². The van der Waals surface area contributed by atoms with Crippen molar-refractivity contribution in [3.05, 3.63) is 54.0 Å². The second-order valence-corrected chi connectivity index (χ2v) is 9.11. The van der Waals surface area contributed by atoms with Crippen LogP contribution in [0.2, 0.25) is 0 Å². The van der Waals surface area contributed by atoms with Crippen molar-refractivity contribution in [2.45, 2.75) is 62.9 Å². The molecule has 0 aliphatic heterocycles. The number of fused-ring (bicyclic) bond motifs is 1. The number of hydrogen-bond acceptors (Lipinski definition) is 4. The molecule has 6 nitrogen and oxygen atoms in total. The summed E-state index contributed by atoms with van der Waals surface area (Å²) >= 11 is 0. The summed E-state index contributed by atoms with van der Waals surface area (Å²) in [5.41, 5.74) is 2.80. The second-order valence-electron chi connectivity index (χ2n) is 7.35. The molecule has 28 heavy (non-hydrogen) atoms. The number of nitrogens with one attached hydrogen (secondary N) is 1. The number of imidazole rings is 1. The minimum Gasteiger partial charge on any atom is -0.312 e. The van der Waals surface area contributed by atoms with E-state index in [0.717, 1.165) is 11.2 Å². The lowest BCUT2D eigenvalue weighted by Crippen LogP contribution is -2.25. The normalized spacial score (nSPS) is 15.9. The predicted octanol–water partition coefficient (Wildman–Crippen LogP) is 3.98. The van der Waals surface area contributed by atoms with Crippen molar-refractivity contribution in [2.24, 2.45) is 0 Å². The summed E-state index contributed by atoms with van der Waals surface area (Å²) in [6, 6.07) is 11.1. The summed E-state index contributed by atoms with van der Waals surface area (Å²) in [6.45, 7) is 2.81. The molecular weight excluding hydrogens is 372 g/mol. The van der Waals surface area contributed by atoms with E-state index in [1.807, 2.05) is 35.8 Å². The van der Waals surface area contributed by atoms with Gasteiger partial charge in [-0.1, -0.05) is 31.4 Å². The smallest absolute Gasteiger partial charge is 0.240 e. The predicted molar refractivity (Wildman–Crippen MR) is 109 cm³/mol. The first-order valence-corrected chi connectivity index (χ1v) is 11.5. The Hall–Kier alpha value is -2.25. The van der Waals surface area contributed by atoms with E-state index in [4.69, 9.17) is 0 Å². The van der Waals surface area contributed by atoms with Crippen LogP contribution in [0.15, 0.2) is 47.5 Å². The van der Waals surface area contributed by atoms with Crippen molar-refractivity contribution in [2.75, 3.05) is 0 Å². The fourth-order valence-corrected chi connectivity index (χ4v) is 5.05. The molecule has 0 spiro atoms. The minimum absolute atomic E-state index is 0.136. The Balaban J connectivity index is 1.50. The van der Waals surface area contributed by atoms with Crippen LogP contribution in [0.4, 0.5) is 0 Å². The Morgan fingerprint density at radius 3 is 2.57 bits per heavy atom. The van der Waals surface area contributed by atoms with Crippen molar-refractivity contribution < 1.29 is 8.42 Å². The maximum Gasteiger partial charge on any atom is 0.240 e. The number of pyridine rings is 1. The highest BCUT2D eigenvalue weighted by atomic mass is 32.2. The molecule has 3 aromatic rings. The Bertz CT molecular complexity index is 1050. The lowest BCUT2D eigenvalue weighted by Gasteiger charge is -2.22. The van der Waals surface area contributed by atoms with Crippen LogP contribution in [0.3, 0.4) is 0 Å². The van der Waals surface area contributed by atoms with Gasteiger partial charge < -0.3 is 4.57 Å². The van der Waals surface area contributed by atoms with Gasteiger partial charge in [0.05, 0.1) is 11.4 Å². The van der Waals surface area contributed by atoms with Crippen LogP contribution in [0.5, 0.6) is 0 Å². The highest BCUT2D eigenvalue weighted by molar-refractivity contribution is 7.89. The molecule has 148 valence electrons. The third-order valence-electron chi connectivity index (χ3n) is 5.59. The van der Waals surface area contributed by atoms with Crippen LogP contribution in [-0.2, 0) is 23.1 Å². The van der Waals surface area contributed by atoms with E-state index in [0.29, 0.717) is 23.2 Å². The lowest BCUT2D eigenvalue weighted by molar-refractivity contribution is 0.443. The number of sulfonamides is 1. The van der Waals surface area contributed by atoms with Gasteiger partial charge in [0.25, 0.3) is 0 Å². The minimum atomic E-state index is -3.59. The molecule has 1 aromatic carbocycles. The Morgan fingerprint density at radius 2 is 1.86 bits per heavy atom. The van der Waals surface area contributed by atoms with Crippen LogP contribution in [0, 0.1) is 0 Å². The van der Waals surface area contributed by atoms with Gasteiger partial charge in [-0.2, -0.15) is 0 Å². The monoisotopic (exact) mass is 398 g/mol. The number of rotatable bonds is 6. The summed E-state index contributed by atoms with van der Waals surface area (Å²) in [7, 11) is -3.59. The molecule has 0 atom stereocenters.